The van der Waals surface area contributed by atoms with Gasteiger partial charge in [-0.1, -0.05) is 0 Å². The molecule has 0 atom stereocenters. The zero-order valence-electron chi connectivity index (χ0n) is 12.0. The Hall–Kier alpha value is -3.04. The lowest BCUT2D eigenvalue weighted by Gasteiger charge is -2.12. The smallest absolute Gasteiger partial charge is 0.417 e. The number of rotatable bonds is 4. The summed E-state index contributed by atoms with van der Waals surface area (Å²) in [4.78, 5) is 14.2. The molecular weight excluding hydrogens is 332 g/mol. The van der Waals surface area contributed by atoms with Gasteiger partial charge in [0.1, 0.15) is 0 Å². The Bertz CT molecular complexity index is 748. The second kappa shape index (κ2) is 6.60. The summed E-state index contributed by atoms with van der Waals surface area (Å²) in [5.41, 5.74) is 4.31. The highest BCUT2D eigenvalue weighted by Crippen LogP contribution is 2.29. The van der Waals surface area contributed by atoms with Crippen molar-refractivity contribution in [1.29, 1.82) is 0 Å². The Kier molecular flexibility index (Phi) is 4.77. The number of hydrogen-bond acceptors (Lipinski definition) is 4. The highest BCUT2D eigenvalue weighted by Gasteiger charge is 2.30. The first-order valence-electron chi connectivity index (χ1n) is 6.52. The third kappa shape index (κ3) is 4.03. The SMILES string of the molecule is Nc1c(NC(=O)O)ccc(NCc2ccc(C(F)(F)F)cn2)c1F. The van der Waals surface area contributed by atoms with Crippen LogP contribution < -0.4 is 16.4 Å². The quantitative estimate of drug-likeness (QED) is 0.502. The van der Waals surface area contributed by atoms with E-state index in [1.165, 1.54) is 12.1 Å². The molecule has 1 amide bonds. The standard InChI is InChI=1S/C14H12F4N4O2/c15-11-9(3-4-10(12(11)19)22-13(23)24)21-6-8-2-1-7(5-20-8)14(16,17)18/h1-5,21-22H,6,19H2,(H,23,24). The molecule has 6 nitrogen and oxygen atoms in total. The van der Waals surface area contributed by atoms with E-state index in [0.29, 0.717) is 6.20 Å². The first-order chi connectivity index (χ1) is 11.2. The van der Waals surface area contributed by atoms with E-state index < -0.39 is 29.3 Å². The van der Waals surface area contributed by atoms with Crippen molar-refractivity contribution in [2.45, 2.75) is 12.7 Å². The van der Waals surface area contributed by atoms with E-state index in [1.54, 1.807) is 0 Å². The molecular formula is C14H12F4N4O2. The van der Waals surface area contributed by atoms with Gasteiger partial charge >= 0.3 is 12.3 Å². The number of nitrogen functional groups attached to an aromatic ring is 1. The van der Waals surface area contributed by atoms with Gasteiger partial charge < -0.3 is 16.2 Å². The van der Waals surface area contributed by atoms with Crippen molar-refractivity contribution in [3.63, 3.8) is 0 Å². The van der Waals surface area contributed by atoms with E-state index in [1.807, 2.05) is 5.32 Å². The fraction of sp³-hybridized carbons (Fsp3) is 0.143. The molecule has 2 aromatic rings. The number of hydrogen-bond donors (Lipinski definition) is 4. The summed E-state index contributed by atoms with van der Waals surface area (Å²) in [7, 11) is 0. The van der Waals surface area contributed by atoms with Gasteiger partial charge in [0.25, 0.3) is 0 Å². The van der Waals surface area contributed by atoms with Crippen LogP contribution in [0.2, 0.25) is 0 Å². The van der Waals surface area contributed by atoms with Crippen LogP contribution in [0.4, 0.5) is 39.4 Å². The number of halogens is 4. The van der Waals surface area contributed by atoms with Crippen LogP contribution in [0.25, 0.3) is 0 Å². The van der Waals surface area contributed by atoms with Crippen molar-refractivity contribution in [2.75, 3.05) is 16.4 Å². The molecule has 0 spiro atoms. The van der Waals surface area contributed by atoms with Crippen LogP contribution in [0.3, 0.4) is 0 Å². The summed E-state index contributed by atoms with van der Waals surface area (Å²) < 4.78 is 51.3. The first kappa shape index (κ1) is 17.3. The minimum atomic E-state index is -4.48. The van der Waals surface area contributed by atoms with E-state index in [9.17, 15) is 22.4 Å². The highest BCUT2D eigenvalue weighted by atomic mass is 19.4. The number of benzene rings is 1. The highest BCUT2D eigenvalue weighted by molar-refractivity contribution is 5.88. The van der Waals surface area contributed by atoms with Crippen LogP contribution in [0.15, 0.2) is 30.5 Å². The van der Waals surface area contributed by atoms with Crippen LogP contribution in [0, 0.1) is 5.82 Å². The minimum Gasteiger partial charge on any atom is -0.465 e. The van der Waals surface area contributed by atoms with Crippen molar-refractivity contribution < 1.29 is 27.5 Å². The molecule has 0 aliphatic heterocycles. The van der Waals surface area contributed by atoms with Gasteiger partial charge in [0.2, 0.25) is 0 Å². The van der Waals surface area contributed by atoms with Crippen LogP contribution in [-0.4, -0.2) is 16.2 Å². The fourth-order valence-corrected chi connectivity index (χ4v) is 1.84. The molecule has 0 unspecified atom stereocenters. The predicted octanol–water partition coefficient (Wildman–Crippen LogP) is 3.52. The maximum Gasteiger partial charge on any atom is 0.417 e. The lowest BCUT2D eigenvalue weighted by atomic mass is 10.2. The lowest BCUT2D eigenvalue weighted by molar-refractivity contribution is -0.137. The second-order valence-electron chi connectivity index (χ2n) is 4.71. The molecule has 0 saturated heterocycles. The van der Waals surface area contributed by atoms with Gasteiger partial charge in [-0.2, -0.15) is 13.2 Å². The summed E-state index contributed by atoms with van der Waals surface area (Å²) in [6, 6.07) is 4.54. The topological polar surface area (TPSA) is 100 Å². The number of nitrogens with one attached hydrogen (secondary N) is 2. The Balaban J connectivity index is 2.09. The van der Waals surface area contributed by atoms with Gasteiger partial charge in [0.15, 0.2) is 5.82 Å². The molecule has 0 aliphatic rings. The molecule has 10 heteroatoms. The van der Waals surface area contributed by atoms with Crippen molar-refractivity contribution in [1.82, 2.24) is 4.98 Å². The summed E-state index contributed by atoms with van der Waals surface area (Å²) in [6.45, 7) is -0.0415. The molecule has 2 rings (SSSR count). The van der Waals surface area contributed by atoms with Crippen molar-refractivity contribution in [2.24, 2.45) is 0 Å². The van der Waals surface area contributed by atoms with E-state index >= 15 is 0 Å². The van der Waals surface area contributed by atoms with E-state index in [0.717, 1.165) is 12.1 Å². The zero-order chi connectivity index (χ0) is 17.9. The zero-order valence-corrected chi connectivity index (χ0v) is 12.0. The number of nitrogens with two attached hydrogens (primary N) is 1. The third-order valence-corrected chi connectivity index (χ3v) is 3.03. The average molecular weight is 344 g/mol. The number of carboxylic acid groups (broad SMARTS) is 1. The molecule has 24 heavy (non-hydrogen) atoms. The van der Waals surface area contributed by atoms with Gasteiger partial charge in [-0.15, -0.1) is 0 Å². The predicted molar refractivity (Wildman–Crippen MR) is 79.0 cm³/mol. The van der Waals surface area contributed by atoms with E-state index in [4.69, 9.17) is 10.8 Å². The maximum absolute atomic E-state index is 14.0. The molecule has 0 radical (unpaired) electrons. The number of pyridine rings is 1. The van der Waals surface area contributed by atoms with Gasteiger partial charge in [-0.25, -0.2) is 9.18 Å². The summed E-state index contributed by atoms with van der Waals surface area (Å²) in [5.74, 6) is -0.881. The van der Waals surface area contributed by atoms with E-state index in [-0.39, 0.29) is 23.6 Å². The molecule has 1 aromatic carbocycles. The van der Waals surface area contributed by atoms with Gasteiger partial charge in [-0.3, -0.25) is 10.3 Å². The number of aromatic nitrogens is 1. The van der Waals surface area contributed by atoms with E-state index in [2.05, 4.69) is 10.3 Å². The number of amides is 1. The lowest BCUT2D eigenvalue weighted by Crippen LogP contribution is -2.12. The Morgan fingerprint density at radius 3 is 2.42 bits per heavy atom. The minimum absolute atomic E-state index is 0.0369. The van der Waals surface area contributed by atoms with Crippen LogP contribution in [-0.2, 0) is 12.7 Å². The molecule has 0 aliphatic carbocycles. The number of carbonyl (C=O) groups is 1. The van der Waals surface area contributed by atoms with Crippen LogP contribution in [0.5, 0.6) is 0 Å². The third-order valence-electron chi connectivity index (χ3n) is 3.03. The monoisotopic (exact) mass is 344 g/mol. The summed E-state index contributed by atoms with van der Waals surface area (Å²) >= 11 is 0. The summed E-state index contributed by atoms with van der Waals surface area (Å²) in [6.07, 6.45) is -5.19. The fourth-order valence-electron chi connectivity index (χ4n) is 1.84. The number of alkyl halides is 3. The molecule has 1 heterocycles. The largest absolute Gasteiger partial charge is 0.465 e. The normalized spacial score (nSPS) is 11.2. The molecule has 0 bridgehead atoms. The molecule has 0 saturated carbocycles. The molecule has 0 fully saturated rings. The summed E-state index contributed by atoms with van der Waals surface area (Å²) in [5, 5.41) is 13.2. The average Bonchev–Trinajstić information content (AvgIpc) is 2.50. The van der Waals surface area contributed by atoms with Crippen molar-refractivity contribution in [3.05, 3.63) is 47.5 Å². The van der Waals surface area contributed by atoms with Gasteiger partial charge in [0.05, 0.1) is 34.9 Å². The van der Waals surface area contributed by atoms with Crippen molar-refractivity contribution in [3.8, 4) is 0 Å². The van der Waals surface area contributed by atoms with Gasteiger partial charge in [-0.05, 0) is 24.3 Å². The molecule has 1 aromatic heterocycles. The Labute approximate surface area is 133 Å². The first-order valence-corrected chi connectivity index (χ1v) is 6.52. The van der Waals surface area contributed by atoms with Crippen LogP contribution >= 0.6 is 0 Å². The maximum atomic E-state index is 14.0. The Morgan fingerprint density at radius 1 is 1.21 bits per heavy atom. The second-order valence-corrected chi connectivity index (χ2v) is 4.71. The molecule has 128 valence electrons. The van der Waals surface area contributed by atoms with Crippen LogP contribution in [0.1, 0.15) is 11.3 Å². The van der Waals surface area contributed by atoms with Crippen molar-refractivity contribution >= 4 is 23.2 Å². The molecule has 5 N–H and O–H groups in total. The van der Waals surface area contributed by atoms with Gasteiger partial charge in [0, 0.05) is 6.20 Å². The Morgan fingerprint density at radius 2 is 1.88 bits per heavy atom. The number of anilines is 3. The number of nitrogens with zero attached hydrogens (tertiary/aromatic N) is 1.